The molecule has 0 aliphatic heterocycles. The Labute approximate surface area is 169 Å². The Kier molecular flexibility index (Phi) is 8.23. The van der Waals surface area contributed by atoms with Gasteiger partial charge in [0.15, 0.2) is 11.0 Å². The Morgan fingerprint density at radius 2 is 1.88 bits per heavy atom. The van der Waals surface area contributed by atoms with Crippen LogP contribution in [-0.2, 0) is 4.74 Å². The van der Waals surface area contributed by atoms with Crippen molar-refractivity contribution in [3.8, 4) is 11.4 Å². The molecule has 0 fully saturated rings. The molecule has 2 aromatic rings. The van der Waals surface area contributed by atoms with Crippen LogP contribution in [0.15, 0.2) is 23.4 Å². The number of rotatable bonds is 9. The van der Waals surface area contributed by atoms with Crippen LogP contribution in [0.1, 0.15) is 33.7 Å². The van der Waals surface area contributed by atoms with Crippen LogP contribution in [0.3, 0.4) is 0 Å². The number of hydrogen-bond donors (Lipinski definition) is 1. The van der Waals surface area contributed by atoms with E-state index in [0.29, 0.717) is 40.8 Å². The maximum Gasteiger partial charge on any atom is 0.191 e. The normalized spacial score (nSPS) is 13.0. The predicted molar refractivity (Wildman–Crippen MR) is 108 cm³/mol. The van der Waals surface area contributed by atoms with Gasteiger partial charge in [-0.15, -0.1) is 10.2 Å². The van der Waals surface area contributed by atoms with Gasteiger partial charge in [-0.1, -0.05) is 48.8 Å². The smallest absolute Gasteiger partial charge is 0.191 e. The van der Waals surface area contributed by atoms with E-state index in [1.54, 1.807) is 12.1 Å². The highest BCUT2D eigenvalue weighted by molar-refractivity contribution is 7.99. The van der Waals surface area contributed by atoms with Gasteiger partial charge in [-0.25, -0.2) is 0 Å². The van der Waals surface area contributed by atoms with Crippen molar-refractivity contribution in [3.63, 3.8) is 0 Å². The Morgan fingerprint density at radius 3 is 2.50 bits per heavy atom. The van der Waals surface area contributed by atoms with Crippen molar-refractivity contribution in [1.29, 1.82) is 0 Å². The fraction of sp³-hybridized carbons (Fsp3) is 0.556. The fourth-order valence-electron chi connectivity index (χ4n) is 2.35. The van der Waals surface area contributed by atoms with Crippen molar-refractivity contribution >= 4 is 35.0 Å². The summed E-state index contributed by atoms with van der Waals surface area (Å²) in [5.74, 6) is 1.62. The molecule has 0 bridgehead atoms. The van der Waals surface area contributed by atoms with Crippen LogP contribution in [0, 0.1) is 5.92 Å². The van der Waals surface area contributed by atoms with Gasteiger partial charge in [-0.05, 0) is 38.0 Å². The van der Waals surface area contributed by atoms with Gasteiger partial charge in [-0.2, -0.15) is 0 Å². The molecule has 1 aromatic heterocycles. The van der Waals surface area contributed by atoms with Crippen LogP contribution < -0.4 is 0 Å². The Morgan fingerprint density at radius 1 is 1.15 bits per heavy atom. The molecule has 0 aliphatic rings. The maximum atomic E-state index is 10.1. The molecule has 1 N–H and O–H groups in total. The second-order valence-electron chi connectivity index (χ2n) is 6.79. The average Bonchev–Trinajstić information content (AvgIpc) is 2.96. The molecule has 0 amide bonds. The van der Waals surface area contributed by atoms with Gasteiger partial charge in [0, 0.05) is 29.0 Å². The standard InChI is InChI=1S/C18H25Cl2N3O2S/c1-11(2)8-25-9-14(24)10-26-18-22-21-17(23(18)12(3)4)15-6-5-13(19)7-16(15)20/h5-7,11-12,14,24H,8-10H2,1-4H3. The van der Waals surface area contributed by atoms with E-state index in [1.807, 2.05) is 10.6 Å². The van der Waals surface area contributed by atoms with Crippen LogP contribution >= 0.6 is 35.0 Å². The lowest BCUT2D eigenvalue weighted by atomic mass is 10.2. The summed E-state index contributed by atoms with van der Waals surface area (Å²) in [4.78, 5) is 0. The van der Waals surface area contributed by atoms with E-state index in [4.69, 9.17) is 27.9 Å². The molecule has 0 saturated heterocycles. The second kappa shape index (κ2) is 9.95. The molecule has 144 valence electrons. The third-order valence-electron chi connectivity index (χ3n) is 3.52. The zero-order valence-corrected chi connectivity index (χ0v) is 17.8. The first-order valence-electron chi connectivity index (χ1n) is 8.58. The SMILES string of the molecule is CC(C)COCC(O)CSc1nnc(-c2ccc(Cl)cc2Cl)n1C(C)C. The minimum atomic E-state index is -0.557. The fourth-order valence-corrected chi connectivity index (χ4v) is 3.82. The summed E-state index contributed by atoms with van der Waals surface area (Å²) in [5, 5.41) is 20.6. The zero-order chi connectivity index (χ0) is 19.3. The minimum absolute atomic E-state index is 0.142. The van der Waals surface area contributed by atoms with Crippen molar-refractivity contribution in [2.75, 3.05) is 19.0 Å². The number of nitrogens with zero attached hydrogens (tertiary/aromatic N) is 3. The highest BCUT2D eigenvalue weighted by Gasteiger charge is 2.20. The number of halogens is 2. The summed E-state index contributed by atoms with van der Waals surface area (Å²) >= 11 is 13.8. The molecule has 1 atom stereocenters. The maximum absolute atomic E-state index is 10.1. The topological polar surface area (TPSA) is 60.2 Å². The molecule has 2 rings (SSSR count). The lowest BCUT2D eigenvalue weighted by Gasteiger charge is -2.16. The molecule has 0 saturated carbocycles. The Bertz CT molecular complexity index is 722. The van der Waals surface area contributed by atoms with Crippen molar-refractivity contribution in [3.05, 3.63) is 28.2 Å². The largest absolute Gasteiger partial charge is 0.390 e. The highest BCUT2D eigenvalue weighted by Crippen LogP contribution is 2.33. The number of thioether (sulfide) groups is 1. The number of aliphatic hydroxyl groups excluding tert-OH is 1. The second-order valence-corrected chi connectivity index (χ2v) is 8.62. The molecule has 1 heterocycles. The number of ether oxygens (including phenoxy) is 1. The number of benzene rings is 1. The summed E-state index contributed by atoms with van der Waals surface area (Å²) in [5.41, 5.74) is 0.782. The van der Waals surface area contributed by atoms with Gasteiger partial charge in [0.25, 0.3) is 0 Å². The molecule has 5 nitrogen and oxygen atoms in total. The van der Waals surface area contributed by atoms with Crippen molar-refractivity contribution in [1.82, 2.24) is 14.8 Å². The summed E-state index contributed by atoms with van der Waals surface area (Å²) in [6.45, 7) is 9.23. The third-order valence-corrected chi connectivity index (χ3v) is 5.16. The molecule has 0 radical (unpaired) electrons. The van der Waals surface area contributed by atoms with E-state index < -0.39 is 6.10 Å². The van der Waals surface area contributed by atoms with E-state index in [1.165, 1.54) is 11.8 Å². The molecular formula is C18H25Cl2N3O2S. The summed E-state index contributed by atoms with van der Waals surface area (Å²) in [6.07, 6.45) is -0.557. The first kappa shape index (κ1) is 21.5. The third kappa shape index (κ3) is 5.86. The zero-order valence-electron chi connectivity index (χ0n) is 15.4. The van der Waals surface area contributed by atoms with Crippen molar-refractivity contribution in [2.24, 2.45) is 5.92 Å². The molecular weight excluding hydrogens is 393 g/mol. The molecule has 8 heteroatoms. The minimum Gasteiger partial charge on any atom is -0.390 e. The molecule has 1 aromatic carbocycles. The van der Waals surface area contributed by atoms with Crippen molar-refractivity contribution < 1.29 is 9.84 Å². The van der Waals surface area contributed by atoms with Gasteiger partial charge in [-0.3, -0.25) is 4.57 Å². The monoisotopic (exact) mass is 417 g/mol. The molecule has 0 aliphatic carbocycles. The molecule has 1 unspecified atom stereocenters. The van der Waals surface area contributed by atoms with E-state index >= 15 is 0 Å². The highest BCUT2D eigenvalue weighted by atomic mass is 35.5. The van der Waals surface area contributed by atoms with E-state index in [0.717, 1.165) is 10.7 Å². The van der Waals surface area contributed by atoms with Crippen LogP contribution in [0.4, 0.5) is 0 Å². The van der Waals surface area contributed by atoms with E-state index in [2.05, 4.69) is 37.9 Å². The first-order valence-corrected chi connectivity index (χ1v) is 10.3. The van der Waals surface area contributed by atoms with Crippen LogP contribution in [0.25, 0.3) is 11.4 Å². The summed E-state index contributed by atoms with van der Waals surface area (Å²) < 4.78 is 7.50. The van der Waals surface area contributed by atoms with E-state index in [9.17, 15) is 5.11 Å². The van der Waals surface area contributed by atoms with Gasteiger partial charge in [0.1, 0.15) is 0 Å². The molecule has 0 spiro atoms. The van der Waals surface area contributed by atoms with Crippen LogP contribution in [-0.4, -0.2) is 44.9 Å². The van der Waals surface area contributed by atoms with Crippen LogP contribution in [0.2, 0.25) is 10.0 Å². The lowest BCUT2D eigenvalue weighted by Crippen LogP contribution is -2.20. The Balaban J connectivity index is 2.12. The van der Waals surface area contributed by atoms with Gasteiger partial charge >= 0.3 is 0 Å². The van der Waals surface area contributed by atoms with Crippen LogP contribution in [0.5, 0.6) is 0 Å². The molecule has 26 heavy (non-hydrogen) atoms. The summed E-state index contributed by atoms with van der Waals surface area (Å²) in [7, 11) is 0. The Hall–Kier alpha value is -0.790. The average molecular weight is 418 g/mol. The van der Waals surface area contributed by atoms with E-state index in [-0.39, 0.29) is 6.04 Å². The number of aromatic nitrogens is 3. The van der Waals surface area contributed by atoms with Gasteiger partial charge < -0.3 is 9.84 Å². The summed E-state index contributed by atoms with van der Waals surface area (Å²) in [6, 6.07) is 5.46. The number of aliphatic hydroxyl groups is 1. The lowest BCUT2D eigenvalue weighted by molar-refractivity contribution is 0.0364. The van der Waals surface area contributed by atoms with Gasteiger partial charge in [0.2, 0.25) is 0 Å². The number of hydrogen-bond acceptors (Lipinski definition) is 5. The first-order chi connectivity index (χ1) is 12.3. The predicted octanol–water partition coefficient (Wildman–Crippen LogP) is 4.96. The van der Waals surface area contributed by atoms with Crippen molar-refractivity contribution in [2.45, 2.75) is 45.0 Å². The van der Waals surface area contributed by atoms with Gasteiger partial charge in [0.05, 0.1) is 17.7 Å². The quantitative estimate of drug-likeness (QED) is 0.584.